The minimum atomic E-state index is -0.991. The molecular formula is C17H20BrN3OS. The van der Waals surface area contributed by atoms with Crippen LogP contribution in [0.3, 0.4) is 0 Å². The highest BCUT2D eigenvalue weighted by atomic mass is 79.9. The minimum Gasteiger partial charge on any atom is -0.341 e. The molecule has 23 heavy (non-hydrogen) atoms. The molecule has 1 aliphatic heterocycles. The molecular weight excluding hydrogens is 374 g/mol. The molecule has 1 aliphatic rings. The summed E-state index contributed by atoms with van der Waals surface area (Å²) in [6.07, 6.45) is 3.76. The van der Waals surface area contributed by atoms with Gasteiger partial charge in [-0.2, -0.15) is 0 Å². The highest BCUT2D eigenvalue weighted by Gasteiger charge is 2.36. The van der Waals surface area contributed by atoms with Crippen LogP contribution < -0.4 is 5.73 Å². The summed E-state index contributed by atoms with van der Waals surface area (Å²) in [5, 5.41) is 3.19. The molecule has 1 saturated heterocycles. The van der Waals surface area contributed by atoms with Gasteiger partial charge in [0, 0.05) is 35.1 Å². The average molecular weight is 394 g/mol. The lowest BCUT2D eigenvalue weighted by Gasteiger charge is -2.36. The van der Waals surface area contributed by atoms with E-state index in [9.17, 15) is 4.79 Å². The highest BCUT2D eigenvalue weighted by molar-refractivity contribution is 9.10. The van der Waals surface area contributed by atoms with Gasteiger partial charge in [-0.3, -0.25) is 4.79 Å². The molecule has 1 aromatic heterocycles. The van der Waals surface area contributed by atoms with E-state index in [0.29, 0.717) is 5.92 Å². The second kappa shape index (κ2) is 6.71. The number of nitrogens with two attached hydrogens (primary N) is 1. The van der Waals surface area contributed by atoms with Gasteiger partial charge >= 0.3 is 0 Å². The lowest BCUT2D eigenvalue weighted by atomic mass is 9.89. The summed E-state index contributed by atoms with van der Waals surface area (Å²) in [5.41, 5.74) is 6.22. The monoisotopic (exact) mass is 393 g/mol. The number of carbonyl (C=O) groups is 1. The molecule has 1 fully saturated rings. The lowest BCUT2D eigenvalue weighted by Crippen LogP contribution is -2.52. The van der Waals surface area contributed by atoms with Crippen LogP contribution in [0.15, 0.2) is 40.3 Å². The Kier molecular flexibility index (Phi) is 4.85. The number of thiazole rings is 1. The zero-order valence-corrected chi connectivity index (χ0v) is 15.4. The summed E-state index contributed by atoms with van der Waals surface area (Å²) in [6.45, 7) is 3.28. The Bertz CT molecular complexity index is 662. The van der Waals surface area contributed by atoms with Crippen molar-refractivity contribution in [3.05, 3.63) is 50.9 Å². The van der Waals surface area contributed by atoms with E-state index in [2.05, 4.69) is 20.9 Å². The molecule has 0 saturated carbocycles. The van der Waals surface area contributed by atoms with E-state index in [1.807, 2.05) is 40.7 Å². The van der Waals surface area contributed by atoms with Gasteiger partial charge < -0.3 is 10.6 Å². The number of hydrogen-bond acceptors (Lipinski definition) is 4. The Morgan fingerprint density at radius 1 is 1.35 bits per heavy atom. The number of piperidine rings is 1. The third-order valence-electron chi connectivity index (χ3n) is 4.47. The smallest absolute Gasteiger partial charge is 0.246 e. The van der Waals surface area contributed by atoms with Crippen LogP contribution in [0.1, 0.15) is 36.3 Å². The molecule has 2 N–H and O–H groups in total. The van der Waals surface area contributed by atoms with Crippen LogP contribution >= 0.6 is 27.3 Å². The van der Waals surface area contributed by atoms with Crippen molar-refractivity contribution in [1.29, 1.82) is 0 Å². The SMILES string of the molecule is CC(N)(C(=O)N1CCC(c2nccs2)CC1)c1ccc(Br)cc1. The zero-order chi connectivity index (χ0) is 16.4. The second-order valence-corrected chi connectivity index (χ2v) is 7.99. The summed E-state index contributed by atoms with van der Waals surface area (Å²) >= 11 is 5.11. The summed E-state index contributed by atoms with van der Waals surface area (Å²) in [6, 6.07) is 7.65. The fourth-order valence-electron chi connectivity index (χ4n) is 3.01. The molecule has 1 atom stereocenters. The standard InChI is InChI=1S/C17H20BrN3OS/c1-17(19,13-2-4-14(18)5-3-13)16(22)21-9-6-12(7-10-21)15-20-8-11-23-15/h2-5,8,11-12H,6-7,9-10,19H2,1H3. The molecule has 1 unspecified atom stereocenters. The fourth-order valence-corrected chi connectivity index (χ4v) is 4.09. The molecule has 122 valence electrons. The quantitative estimate of drug-likeness (QED) is 0.867. The van der Waals surface area contributed by atoms with Gasteiger partial charge in [0.2, 0.25) is 5.91 Å². The van der Waals surface area contributed by atoms with Gasteiger partial charge in [0.15, 0.2) is 0 Å². The van der Waals surface area contributed by atoms with Crippen molar-refractivity contribution in [2.24, 2.45) is 5.73 Å². The average Bonchev–Trinajstić information content (AvgIpc) is 3.09. The van der Waals surface area contributed by atoms with Crippen LogP contribution in [0.4, 0.5) is 0 Å². The fraction of sp³-hybridized carbons (Fsp3) is 0.412. The van der Waals surface area contributed by atoms with Crippen molar-refractivity contribution >= 4 is 33.2 Å². The number of hydrogen-bond donors (Lipinski definition) is 1. The number of amides is 1. The Morgan fingerprint density at radius 2 is 2.00 bits per heavy atom. The second-order valence-electron chi connectivity index (χ2n) is 6.15. The lowest BCUT2D eigenvalue weighted by molar-refractivity contribution is -0.137. The van der Waals surface area contributed by atoms with E-state index < -0.39 is 5.54 Å². The van der Waals surface area contributed by atoms with Gasteiger partial charge in [0.05, 0.1) is 5.01 Å². The Balaban J connectivity index is 1.67. The number of nitrogens with zero attached hydrogens (tertiary/aromatic N) is 2. The Hall–Kier alpha value is -1.24. The van der Waals surface area contributed by atoms with Gasteiger partial charge in [0.1, 0.15) is 5.54 Å². The first-order valence-corrected chi connectivity index (χ1v) is 9.39. The molecule has 1 aromatic carbocycles. The van der Waals surface area contributed by atoms with Crippen molar-refractivity contribution in [2.75, 3.05) is 13.1 Å². The maximum atomic E-state index is 12.9. The summed E-state index contributed by atoms with van der Waals surface area (Å²) in [4.78, 5) is 19.2. The first-order valence-electron chi connectivity index (χ1n) is 7.72. The van der Waals surface area contributed by atoms with Crippen LogP contribution in [0.25, 0.3) is 0 Å². The number of benzene rings is 1. The third-order valence-corrected chi connectivity index (χ3v) is 5.94. The van der Waals surface area contributed by atoms with Crippen molar-refractivity contribution in [1.82, 2.24) is 9.88 Å². The number of likely N-dealkylation sites (tertiary alicyclic amines) is 1. The van der Waals surface area contributed by atoms with Gasteiger partial charge in [0.25, 0.3) is 0 Å². The van der Waals surface area contributed by atoms with Crippen LogP contribution in [0, 0.1) is 0 Å². The van der Waals surface area contributed by atoms with Gasteiger partial charge in [-0.25, -0.2) is 4.98 Å². The highest BCUT2D eigenvalue weighted by Crippen LogP contribution is 2.31. The predicted octanol–water partition coefficient (Wildman–Crippen LogP) is 3.49. The van der Waals surface area contributed by atoms with E-state index in [-0.39, 0.29) is 5.91 Å². The molecule has 2 heterocycles. The van der Waals surface area contributed by atoms with E-state index in [1.54, 1.807) is 18.3 Å². The van der Waals surface area contributed by atoms with Crippen molar-refractivity contribution < 1.29 is 4.79 Å². The van der Waals surface area contributed by atoms with E-state index in [0.717, 1.165) is 36.0 Å². The van der Waals surface area contributed by atoms with Gasteiger partial charge in [-0.15, -0.1) is 11.3 Å². The van der Waals surface area contributed by atoms with Crippen molar-refractivity contribution in [3.8, 4) is 0 Å². The van der Waals surface area contributed by atoms with E-state index >= 15 is 0 Å². The molecule has 0 bridgehead atoms. The maximum Gasteiger partial charge on any atom is 0.246 e. The van der Waals surface area contributed by atoms with E-state index in [4.69, 9.17) is 5.73 Å². The Morgan fingerprint density at radius 3 is 2.57 bits per heavy atom. The molecule has 2 aromatic rings. The van der Waals surface area contributed by atoms with Crippen LogP contribution in [0.5, 0.6) is 0 Å². The van der Waals surface area contributed by atoms with Crippen molar-refractivity contribution in [3.63, 3.8) is 0 Å². The van der Waals surface area contributed by atoms with Gasteiger partial charge in [-0.05, 0) is 37.5 Å². The number of rotatable bonds is 3. The molecule has 3 rings (SSSR count). The first-order chi connectivity index (χ1) is 11.0. The molecule has 0 aliphatic carbocycles. The minimum absolute atomic E-state index is 0.00240. The molecule has 0 radical (unpaired) electrons. The number of halogens is 1. The normalized spacial score (nSPS) is 18.7. The predicted molar refractivity (Wildman–Crippen MR) is 96.4 cm³/mol. The van der Waals surface area contributed by atoms with Crippen LogP contribution in [-0.2, 0) is 10.3 Å². The molecule has 6 heteroatoms. The Labute approximate surface area is 148 Å². The summed E-state index contributed by atoms with van der Waals surface area (Å²) < 4.78 is 0.980. The van der Waals surface area contributed by atoms with Crippen molar-refractivity contribution in [2.45, 2.75) is 31.2 Å². The zero-order valence-electron chi connectivity index (χ0n) is 13.0. The number of aromatic nitrogens is 1. The maximum absolute atomic E-state index is 12.9. The molecule has 0 spiro atoms. The molecule has 4 nitrogen and oxygen atoms in total. The summed E-state index contributed by atoms with van der Waals surface area (Å²) in [7, 11) is 0. The largest absolute Gasteiger partial charge is 0.341 e. The number of carbonyl (C=O) groups excluding carboxylic acids is 1. The summed E-state index contributed by atoms with van der Waals surface area (Å²) in [5.74, 6) is 0.466. The van der Waals surface area contributed by atoms with E-state index in [1.165, 1.54) is 5.01 Å². The van der Waals surface area contributed by atoms with Gasteiger partial charge in [-0.1, -0.05) is 28.1 Å². The first kappa shape index (κ1) is 16.6. The van der Waals surface area contributed by atoms with Crippen LogP contribution in [0.2, 0.25) is 0 Å². The van der Waals surface area contributed by atoms with Crippen LogP contribution in [-0.4, -0.2) is 28.9 Å². The topological polar surface area (TPSA) is 59.2 Å². The third kappa shape index (κ3) is 3.49. The molecule has 1 amide bonds.